The van der Waals surface area contributed by atoms with Crippen molar-refractivity contribution in [2.24, 2.45) is 0 Å². The van der Waals surface area contributed by atoms with Crippen LogP contribution in [0.3, 0.4) is 0 Å². The maximum atomic E-state index is 12.1. The Morgan fingerprint density at radius 1 is 0.853 bits per heavy atom. The van der Waals surface area contributed by atoms with Gasteiger partial charge in [-0.3, -0.25) is 0 Å². The molecule has 3 aromatic rings. The van der Waals surface area contributed by atoms with Crippen LogP contribution in [0.1, 0.15) is 41.7 Å². The lowest BCUT2D eigenvalue weighted by molar-refractivity contribution is -0.156. The molecule has 0 N–H and O–H groups in total. The second-order valence-electron chi connectivity index (χ2n) is 8.47. The summed E-state index contributed by atoms with van der Waals surface area (Å²) >= 11 is 0. The van der Waals surface area contributed by atoms with Gasteiger partial charge in [0, 0.05) is 13.0 Å². The summed E-state index contributed by atoms with van der Waals surface area (Å²) in [5.41, 5.74) is 10.0. The summed E-state index contributed by atoms with van der Waals surface area (Å²) in [6.07, 6.45) is 2.06. The summed E-state index contributed by atoms with van der Waals surface area (Å²) in [6.45, 7) is 9.31. The number of fused-ring (bicyclic) bond motifs is 3. The minimum atomic E-state index is -0.587. The fourth-order valence-electron chi connectivity index (χ4n) is 4.62. The number of ether oxygens (including phenoxy) is 3. The van der Waals surface area contributed by atoms with Gasteiger partial charge in [0.1, 0.15) is 12.4 Å². The van der Waals surface area contributed by atoms with Crippen LogP contribution in [0.5, 0.6) is 5.75 Å². The zero-order chi connectivity index (χ0) is 24.1. The predicted octanol–water partition coefficient (Wildman–Crippen LogP) is 6.31. The van der Waals surface area contributed by atoms with E-state index in [4.69, 9.17) is 14.2 Å². The SMILES string of the molecule is CCOC(=O)C(Cc1ccc(OCC=C2c3cccc(C)c3-c3c(C)cccc32)cc1)OCC. The van der Waals surface area contributed by atoms with Crippen LogP contribution >= 0.6 is 0 Å². The summed E-state index contributed by atoms with van der Waals surface area (Å²) in [5, 5.41) is 0. The lowest BCUT2D eigenvalue weighted by Gasteiger charge is -2.15. The molecule has 0 saturated carbocycles. The molecule has 3 aromatic carbocycles. The Labute approximate surface area is 202 Å². The Balaban J connectivity index is 1.47. The monoisotopic (exact) mass is 456 g/mol. The normalized spacial score (nSPS) is 12.6. The van der Waals surface area contributed by atoms with Crippen LogP contribution in [0.15, 0.2) is 66.7 Å². The Hall–Kier alpha value is -3.37. The summed E-state index contributed by atoms with van der Waals surface area (Å²) in [6, 6.07) is 20.8. The fraction of sp³-hybridized carbons (Fsp3) is 0.300. The van der Waals surface area contributed by atoms with E-state index in [9.17, 15) is 4.79 Å². The Morgan fingerprint density at radius 2 is 1.47 bits per heavy atom. The average Bonchev–Trinajstić information content (AvgIpc) is 3.16. The van der Waals surface area contributed by atoms with Gasteiger partial charge in [-0.15, -0.1) is 0 Å². The van der Waals surface area contributed by atoms with Crippen molar-refractivity contribution < 1.29 is 19.0 Å². The van der Waals surface area contributed by atoms with Gasteiger partial charge < -0.3 is 14.2 Å². The lowest BCUT2D eigenvalue weighted by Crippen LogP contribution is -2.28. The van der Waals surface area contributed by atoms with Crippen LogP contribution in [0.25, 0.3) is 16.7 Å². The molecule has 0 radical (unpaired) electrons. The number of carbonyl (C=O) groups excluding carboxylic acids is 1. The standard InChI is InChI=1S/C30H32O4/c1-5-32-27(30(31)33-6-2)19-22-13-15-23(16-14-22)34-18-17-24-25-11-7-9-20(3)28(25)29-21(4)10-8-12-26(24)29/h7-17,27H,5-6,18-19H2,1-4H3. The molecule has 1 aliphatic rings. The number of esters is 1. The Bertz CT molecular complexity index is 1140. The topological polar surface area (TPSA) is 44.8 Å². The van der Waals surface area contributed by atoms with Gasteiger partial charge in [0.05, 0.1) is 6.61 Å². The number of hydrogen-bond acceptors (Lipinski definition) is 4. The van der Waals surface area contributed by atoms with Gasteiger partial charge in [0.25, 0.3) is 0 Å². The first-order valence-electron chi connectivity index (χ1n) is 11.9. The first-order valence-corrected chi connectivity index (χ1v) is 11.9. The molecule has 0 amide bonds. The molecule has 0 aliphatic heterocycles. The van der Waals surface area contributed by atoms with Crippen LogP contribution in [0.4, 0.5) is 0 Å². The summed E-state index contributed by atoms with van der Waals surface area (Å²) < 4.78 is 16.7. The molecule has 1 aliphatic carbocycles. The van der Waals surface area contributed by atoms with Crippen molar-refractivity contribution in [2.45, 2.75) is 40.2 Å². The summed E-state index contributed by atoms with van der Waals surface area (Å²) in [5.74, 6) is 0.468. The number of hydrogen-bond donors (Lipinski definition) is 0. The molecule has 0 saturated heterocycles. The number of carbonyl (C=O) groups is 1. The van der Waals surface area contributed by atoms with Crippen molar-refractivity contribution in [3.63, 3.8) is 0 Å². The maximum Gasteiger partial charge on any atom is 0.335 e. The molecule has 176 valence electrons. The van der Waals surface area contributed by atoms with E-state index >= 15 is 0 Å². The van der Waals surface area contributed by atoms with E-state index in [2.05, 4.69) is 56.3 Å². The van der Waals surface area contributed by atoms with Crippen molar-refractivity contribution in [3.05, 3.63) is 94.6 Å². The van der Waals surface area contributed by atoms with E-state index in [1.165, 1.54) is 39.0 Å². The molecular weight excluding hydrogens is 424 g/mol. The van der Waals surface area contributed by atoms with E-state index in [1.807, 2.05) is 31.2 Å². The van der Waals surface area contributed by atoms with E-state index in [-0.39, 0.29) is 5.97 Å². The van der Waals surface area contributed by atoms with Crippen LogP contribution in [0, 0.1) is 13.8 Å². The quantitative estimate of drug-likeness (QED) is 0.277. The van der Waals surface area contributed by atoms with Crippen LogP contribution in [0.2, 0.25) is 0 Å². The minimum absolute atomic E-state index is 0.320. The number of benzene rings is 3. The van der Waals surface area contributed by atoms with Gasteiger partial charge in [-0.25, -0.2) is 4.79 Å². The third-order valence-corrected chi connectivity index (χ3v) is 6.18. The third kappa shape index (κ3) is 4.92. The van der Waals surface area contributed by atoms with E-state index < -0.39 is 6.10 Å². The summed E-state index contributed by atoms with van der Waals surface area (Å²) in [4.78, 5) is 12.1. The molecule has 0 fully saturated rings. The molecule has 4 heteroatoms. The first kappa shape index (κ1) is 23.8. The zero-order valence-electron chi connectivity index (χ0n) is 20.4. The highest BCUT2D eigenvalue weighted by Crippen LogP contribution is 2.47. The van der Waals surface area contributed by atoms with Crippen molar-refractivity contribution in [2.75, 3.05) is 19.8 Å². The Kier molecular flexibility index (Phi) is 7.49. The van der Waals surface area contributed by atoms with Crippen LogP contribution < -0.4 is 4.74 Å². The largest absolute Gasteiger partial charge is 0.490 e. The van der Waals surface area contributed by atoms with Crippen LogP contribution in [-0.2, 0) is 20.7 Å². The van der Waals surface area contributed by atoms with Crippen molar-refractivity contribution in [3.8, 4) is 16.9 Å². The minimum Gasteiger partial charge on any atom is -0.490 e. The summed E-state index contributed by atoms with van der Waals surface area (Å²) in [7, 11) is 0. The highest BCUT2D eigenvalue weighted by Gasteiger charge is 2.25. The van der Waals surface area contributed by atoms with Crippen molar-refractivity contribution in [1.29, 1.82) is 0 Å². The Morgan fingerprint density at radius 3 is 2.03 bits per heavy atom. The van der Waals surface area contributed by atoms with Gasteiger partial charge in [-0.2, -0.15) is 0 Å². The van der Waals surface area contributed by atoms with Gasteiger partial charge in [-0.05, 0) is 90.4 Å². The van der Waals surface area contributed by atoms with E-state index in [0.29, 0.717) is 26.2 Å². The van der Waals surface area contributed by atoms with Crippen LogP contribution in [-0.4, -0.2) is 31.9 Å². The zero-order valence-corrected chi connectivity index (χ0v) is 20.4. The highest BCUT2D eigenvalue weighted by atomic mass is 16.6. The second kappa shape index (κ2) is 10.7. The maximum absolute atomic E-state index is 12.1. The third-order valence-electron chi connectivity index (χ3n) is 6.18. The molecule has 4 nitrogen and oxygen atoms in total. The van der Waals surface area contributed by atoms with Gasteiger partial charge >= 0.3 is 5.97 Å². The molecule has 1 atom stereocenters. The van der Waals surface area contributed by atoms with Gasteiger partial charge in [0.2, 0.25) is 0 Å². The molecule has 0 spiro atoms. The molecule has 34 heavy (non-hydrogen) atoms. The molecular formula is C30H32O4. The lowest BCUT2D eigenvalue weighted by atomic mass is 9.97. The smallest absolute Gasteiger partial charge is 0.335 e. The average molecular weight is 457 g/mol. The van der Waals surface area contributed by atoms with Crippen molar-refractivity contribution in [1.82, 2.24) is 0 Å². The highest BCUT2D eigenvalue weighted by molar-refractivity contribution is 6.03. The molecule has 0 aromatic heterocycles. The molecule has 1 unspecified atom stereocenters. The van der Waals surface area contributed by atoms with E-state index in [0.717, 1.165) is 11.3 Å². The second-order valence-corrected chi connectivity index (χ2v) is 8.47. The fourth-order valence-corrected chi connectivity index (χ4v) is 4.62. The number of rotatable bonds is 9. The first-order chi connectivity index (χ1) is 16.5. The molecule has 4 rings (SSSR count). The number of aryl methyl sites for hydroxylation is 2. The molecule has 0 bridgehead atoms. The van der Waals surface area contributed by atoms with Gasteiger partial charge in [0.15, 0.2) is 6.10 Å². The predicted molar refractivity (Wildman–Crippen MR) is 136 cm³/mol. The van der Waals surface area contributed by atoms with E-state index in [1.54, 1.807) is 6.92 Å². The van der Waals surface area contributed by atoms with Crippen molar-refractivity contribution >= 4 is 11.5 Å². The van der Waals surface area contributed by atoms with Gasteiger partial charge in [-0.1, -0.05) is 48.5 Å². The molecule has 0 heterocycles.